The van der Waals surface area contributed by atoms with Crippen LogP contribution in [0.15, 0.2) is 67.0 Å². The average Bonchev–Trinajstić information content (AvgIpc) is 3.50. The lowest BCUT2D eigenvalue weighted by molar-refractivity contribution is -0.130. The summed E-state index contributed by atoms with van der Waals surface area (Å²) < 4.78 is 28.1. The number of aliphatic hydroxyl groups excluding tert-OH is 1. The van der Waals surface area contributed by atoms with Crippen molar-refractivity contribution >= 4 is 11.8 Å². The maximum Gasteiger partial charge on any atom is 0.227 e. The molecule has 1 fully saturated rings. The number of benzene rings is 2. The Hall–Kier alpha value is -3.69. The molecule has 242 valence electrons. The van der Waals surface area contributed by atoms with Crippen LogP contribution in [0, 0.1) is 11.6 Å². The number of halogens is 2. The van der Waals surface area contributed by atoms with Crippen molar-refractivity contribution in [3.05, 3.63) is 101 Å². The van der Waals surface area contributed by atoms with E-state index in [0.29, 0.717) is 24.2 Å². The van der Waals surface area contributed by atoms with Gasteiger partial charge in [0.05, 0.1) is 25.0 Å². The lowest BCUT2D eigenvalue weighted by Crippen LogP contribution is -2.52. The first-order valence-corrected chi connectivity index (χ1v) is 16.1. The zero-order chi connectivity index (χ0) is 32.2. The second kappa shape index (κ2) is 16.6. The number of carbonyl (C=O) groups is 2. The molecule has 2 aromatic carbocycles. The number of hydrogen-bond acceptors (Lipinski definition) is 5. The van der Waals surface area contributed by atoms with Crippen LogP contribution in [0.3, 0.4) is 0 Å². The lowest BCUT2D eigenvalue weighted by atomic mass is 9.87. The third kappa shape index (κ3) is 9.90. The van der Waals surface area contributed by atoms with Crippen LogP contribution in [0.25, 0.3) is 0 Å². The van der Waals surface area contributed by atoms with Gasteiger partial charge in [0.25, 0.3) is 0 Å². The van der Waals surface area contributed by atoms with E-state index in [9.17, 15) is 23.5 Å². The number of carbonyl (C=O) groups excluding carboxylic acids is 2. The first-order valence-electron chi connectivity index (χ1n) is 16.1. The van der Waals surface area contributed by atoms with Crippen LogP contribution in [-0.2, 0) is 34.4 Å². The Morgan fingerprint density at radius 1 is 0.911 bits per heavy atom. The Morgan fingerprint density at radius 2 is 1.53 bits per heavy atom. The van der Waals surface area contributed by atoms with Crippen molar-refractivity contribution in [2.24, 2.45) is 0 Å². The number of hydrogen-bond donors (Lipinski definition) is 3. The van der Waals surface area contributed by atoms with Gasteiger partial charge in [-0.3, -0.25) is 14.6 Å². The van der Waals surface area contributed by atoms with Gasteiger partial charge < -0.3 is 20.6 Å². The summed E-state index contributed by atoms with van der Waals surface area (Å²) >= 11 is 0. The number of amides is 2. The van der Waals surface area contributed by atoms with Crippen LogP contribution >= 0.6 is 0 Å². The summed E-state index contributed by atoms with van der Waals surface area (Å²) in [5.74, 6) is -1.77. The zero-order valence-corrected chi connectivity index (χ0v) is 26.4. The fourth-order valence-electron chi connectivity index (χ4n) is 6.38. The van der Waals surface area contributed by atoms with Crippen molar-refractivity contribution in [2.45, 2.75) is 89.3 Å². The predicted molar refractivity (Wildman–Crippen MR) is 171 cm³/mol. The number of aliphatic hydroxyl groups is 1. The topological polar surface area (TPSA) is 94.6 Å². The molecule has 0 spiro atoms. The Labute approximate surface area is 265 Å². The first-order chi connectivity index (χ1) is 21.7. The van der Waals surface area contributed by atoms with Gasteiger partial charge in [0.1, 0.15) is 11.6 Å². The maximum absolute atomic E-state index is 14.0. The lowest BCUT2D eigenvalue weighted by Gasteiger charge is -2.34. The number of nitrogens with one attached hydrogen (secondary N) is 2. The van der Waals surface area contributed by atoms with Crippen molar-refractivity contribution < 1.29 is 23.5 Å². The van der Waals surface area contributed by atoms with Crippen molar-refractivity contribution in [2.75, 3.05) is 19.6 Å². The Bertz CT molecular complexity index is 1370. The monoisotopic (exact) mass is 620 g/mol. The summed E-state index contributed by atoms with van der Waals surface area (Å²) in [5.41, 5.74) is 2.56. The number of nitrogens with zero attached hydrogens (tertiary/aromatic N) is 2. The molecule has 0 aliphatic heterocycles. The highest BCUT2D eigenvalue weighted by molar-refractivity contribution is 5.80. The van der Waals surface area contributed by atoms with E-state index in [1.165, 1.54) is 12.1 Å². The molecule has 2 atom stereocenters. The van der Waals surface area contributed by atoms with E-state index in [-0.39, 0.29) is 43.2 Å². The predicted octanol–water partition coefficient (Wildman–Crippen LogP) is 5.24. The van der Waals surface area contributed by atoms with Crippen LogP contribution < -0.4 is 10.6 Å². The minimum Gasteiger partial charge on any atom is -0.390 e. The molecule has 0 bridgehead atoms. The second-order valence-corrected chi connectivity index (χ2v) is 12.2. The Kier molecular flexibility index (Phi) is 12.6. The van der Waals surface area contributed by atoms with Crippen molar-refractivity contribution in [1.82, 2.24) is 20.5 Å². The molecule has 0 radical (unpaired) electrons. The van der Waals surface area contributed by atoms with E-state index in [1.807, 2.05) is 36.9 Å². The highest BCUT2D eigenvalue weighted by Crippen LogP contribution is 2.38. The van der Waals surface area contributed by atoms with Gasteiger partial charge in [-0.25, -0.2) is 8.78 Å². The molecule has 1 aromatic heterocycles. The molecule has 1 aliphatic rings. The maximum atomic E-state index is 14.0. The third-order valence-corrected chi connectivity index (χ3v) is 8.53. The van der Waals surface area contributed by atoms with Gasteiger partial charge in [-0.05, 0) is 66.5 Å². The molecule has 1 heterocycles. The molecule has 1 saturated carbocycles. The minimum atomic E-state index is -1.04. The van der Waals surface area contributed by atoms with Gasteiger partial charge in [-0.1, -0.05) is 63.1 Å². The fraction of sp³-hybridized carbons (Fsp3) is 0.472. The summed E-state index contributed by atoms with van der Waals surface area (Å²) in [6, 6.07) is 14.4. The summed E-state index contributed by atoms with van der Waals surface area (Å²) in [6.45, 7) is 5.66. The highest BCUT2D eigenvalue weighted by Gasteiger charge is 2.36. The molecule has 9 heteroatoms. The van der Waals surface area contributed by atoms with Crippen LogP contribution in [0.4, 0.5) is 8.78 Å². The van der Waals surface area contributed by atoms with Gasteiger partial charge in [0.2, 0.25) is 11.8 Å². The van der Waals surface area contributed by atoms with Gasteiger partial charge in [-0.2, -0.15) is 0 Å². The van der Waals surface area contributed by atoms with E-state index >= 15 is 0 Å². The van der Waals surface area contributed by atoms with Crippen molar-refractivity contribution in [1.29, 1.82) is 0 Å². The summed E-state index contributed by atoms with van der Waals surface area (Å²) in [5, 5.41) is 17.9. The molecule has 45 heavy (non-hydrogen) atoms. The minimum absolute atomic E-state index is 0.0230. The van der Waals surface area contributed by atoms with E-state index in [2.05, 4.69) is 27.8 Å². The Balaban J connectivity index is 1.46. The van der Waals surface area contributed by atoms with Gasteiger partial charge in [0, 0.05) is 43.6 Å². The van der Waals surface area contributed by atoms with Crippen LogP contribution in [0.2, 0.25) is 0 Å². The summed E-state index contributed by atoms with van der Waals surface area (Å²) in [7, 11) is 0. The molecule has 3 N–H and O–H groups in total. The standard InChI is InChI=1S/C36H46F2N4O3/c1-3-14-42(15-4-2)35(45)21-28-16-27(23-39-24-28)20-34(44)41-32(19-26-17-30(37)22-31(38)18-26)33(43)25-40-36(12-8-9-13-36)29-10-6-5-7-11-29/h5-7,10-11,16-18,22-24,32-33,40,43H,3-4,8-9,12-15,19-21,25H2,1-2H3,(H,41,44)/t32-,33+/m0/s1. The summed E-state index contributed by atoms with van der Waals surface area (Å²) in [6.07, 6.45) is 8.14. The fourth-order valence-corrected chi connectivity index (χ4v) is 6.38. The molecule has 1 aliphatic carbocycles. The van der Waals surface area contributed by atoms with Crippen LogP contribution in [-0.4, -0.2) is 58.6 Å². The van der Waals surface area contributed by atoms with E-state index < -0.39 is 23.8 Å². The summed E-state index contributed by atoms with van der Waals surface area (Å²) in [4.78, 5) is 32.3. The van der Waals surface area contributed by atoms with Crippen molar-refractivity contribution in [3.8, 4) is 0 Å². The average molecular weight is 621 g/mol. The molecular weight excluding hydrogens is 574 g/mol. The molecule has 0 saturated heterocycles. The Morgan fingerprint density at radius 3 is 2.16 bits per heavy atom. The van der Waals surface area contributed by atoms with E-state index in [1.54, 1.807) is 18.5 Å². The van der Waals surface area contributed by atoms with Gasteiger partial charge in [0.15, 0.2) is 0 Å². The molecule has 7 nitrogen and oxygen atoms in total. The van der Waals surface area contributed by atoms with Gasteiger partial charge in [-0.15, -0.1) is 0 Å². The quantitative estimate of drug-likeness (QED) is 0.204. The van der Waals surface area contributed by atoms with E-state index in [0.717, 1.165) is 55.7 Å². The number of rotatable bonds is 16. The smallest absolute Gasteiger partial charge is 0.227 e. The van der Waals surface area contributed by atoms with Crippen LogP contribution in [0.1, 0.15) is 74.6 Å². The largest absolute Gasteiger partial charge is 0.390 e. The van der Waals surface area contributed by atoms with E-state index in [4.69, 9.17) is 0 Å². The molecule has 2 amide bonds. The SMILES string of the molecule is CCCN(CCC)C(=O)Cc1cncc(CC(=O)N[C@@H](Cc2cc(F)cc(F)c2)[C@H](O)CNC2(c3ccccc3)CCCC2)c1. The zero-order valence-electron chi connectivity index (χ0n) is 26.4. The molecule has 4 rings (SSSR count). The highest BCUT2D eigenvalue weighted by atomic mass is 19.1. The number of pyridine rings is 1. The third-order valence-electron chi connectivity index (χ3n) is 8.53. The molecule has 3 aromatic rings. The van der Waals surface area contributed by atoms with Gasteiger partial charge >= 0.3 is 0 Å². The van der Waals surface area contributed by atoms with Crippen molar-refractivity contribution in [3.63, 3.8) is 0 Å². The molecule has 0 unspecified atom stereocenters. The first kappa shape index (κ1) is 34.2. The molecular formula is C36H46F2N4O3. The van der Waals surface area contributed by atoms with Crippen LogP contribution in [0.5, 0.6) is 0 Å². The second-order valence-electron chi connectivity index (χ2n) is 12.2. The normalized spacial score (nSPS) is 15.4. The number of aromatic nitrogens is 1.